The smallest absolute Gasteiger partial charge is 0.109 e. The first-order valence-electron chi connectivity index (χ1n) is 7.34. The molecule has 114 valence electrons. The Labute approximate surface area is 134 Å². The molecule has 3 rings (SSSR count). The molecule has 1 aliphatic heterocycles. The van der Waals surface area contributed by atoms with Crippen LogP contribution in [0.4, 0.5) is 0 Å². The van der Waals surface area contributed by atoms with E-state index < -0.39 is 0 Å². The minimum atomic E-state index is -0.159. The van der Waals surface area contributed by atoms with Crippen LogP contribution in [0.1, 0.15) is 19.3 Å². The largest absolute Gasteiger partial charge is 0.392 e. The van der Waals surface area contributed by atoms with Gasteiger partial charge in [-0.1, -0.05) is 23.2 Å². The molecular formula is C15H19Cl2N3O. The molecule has 1 atom stereocenters. The number of β-amino-alcohol motifs (C(OH)–C–C–N with tert-alkyl or cyclic N) is 1. The molecule has 1 aliphatic rings. The molecule has 0 radical (unpaired) electrons. The Morgan fingerprint density at radius 2 is 2.14 bits per heavy atom. The molecule has 0 aliphatic carbocycles. The minimum Gasteiger partial charge on any atom is -0.392 e. The number of halogens is 2. The summed E-state index contributed by atoms with van der Waals surface area (Å²) in [5.74, 6) is 0. The highest BCUT2D eigenvalue weighted by Crippen LogP contribution is 2.29. The normalized spacial score (nSPS) is 20.2. The molecule has 1 saturated heterocycles. The molecular weight excluding hydrogens is 309 g/mol. The number of aromatic nitrogens is 2. The van der Waals surface area contributed by atoms with E-state index in [4.69, 9.17) is 23.2 Å². The predicted molar refractivity (Wildman–Crippen MR) is 86.1 cm³/mol. The van der Waals surface area contributed by atoms with Gasteiger partial charge in [-0.2, -0.15) is 0 Å². The maximum atomic E-state index is 9.68. The van der Waals surface area contributed by atoms with E-state index >= 15 is 0 Å². The first-order valence-corrected chi connectivity index (χ1v) is 8.10. The van der Waals surface area contributed by atoms with Crippen molar-refractivity contribution in [1.82, 2.24) is 14.5 Å². The zero-order valence-electron chi connectivity index (χ0n) is 11.8. The summed E-state index contributed by atoms with van der Waals surface area (Å²) in [6.07, 6.45) is 4.70. The first-order chi connectivity index (χ1) is 10.1. The van der Waals surface area contributed by atoms with Crippen LogP contribution in [0.3, 0.4) is 0 Å². The highest BCUT2D eigenvalue weighted by molar-refractivity contribution is 6.44. The summed E-state index contributed by atoms with van der Waals surface area (Å²) in [6.45, 7) is 3.77. The molecule has 0 spiro atoms. The number of hydrogen-bond donors (Lipinski definition) is 1. The number of benzene rings is 1. The maximum Gasteiger partial charge on any atom is 0.109 e. The molecule has 21 heavy (non-hydrogen) atoms. The fraction of sp³-hybridized carbons (Fsp3) is 0.533. The minimum absolute atomic E-state index is 0.159. The number of imidazole rings is 1. The van der Waals surface area contributed by atoms with E-state index in [2.05, 4.69) is 14.5 Å². The third-order valence-electron chi connectivity index (χ3n) is 4.04. The average molecular weight is 328 g/mol. The Kier molecular flexibility index (Phi) is 4.69. The van der Waals surface area contributed by atoms with E-state index in [-0.39, 0.29) is 6.10 Å². The van der Waals surface area contributed by atoms with E-state index in [0.29, 0.717) is 10.0 Å². The van der Waals surface area contributed by atoms with Gasteiger partial charge < -0.3 is 14.6 Å². The molecule has 0 saturated carbocycles. The van der Waals surface area contributed by atoms with Gasteiger partial charge >= 0.3 is 0 Å². The molecule has 1 fully saturated rings. The lowest BCUT2D eigenvalue weighted by Gasteiger charge is -2.29. The maximum absolute atomic E-state index is 9.68. The summed E-state index contributed by atoms with van der Waals surface area (Å²) in [4.78, 5) is 6.68. The monoisotopic (exact) mass is 327 g/mol. The second-order valence-corrected chi connectivity index (χ2v) is 6.40. The van der Waals surface area contributed by atoms with E-state index in [9.17, 15) is 5.11 Å². The lowest BCUT2D eigenvalue weighted by Crippen LogP contribution is -2.38. The highest BCUT2D eigenvalue weighted by Gasteiger charge is 2.17. The molecule has 1 unspecified atom stereocenters. The number of piperidine rings is 1. The van der Waals surface area contributed by atoms with Crippen molar-refractivity contribution in [3.05, 3.63) is 28.5 Å². The summed E-state index contributed by atoms with van der Waals surface area (Å²) in [5, 5.41) is 10.7. The zero-order chi connectivity index (χ0) is 14.8. The van der Waals surface area contributed by atoms with Crippen molar-refractivity contribution < 1.29 is 5.11 Å². The number of hydrogen-bond acceptors (Lipinski definition) is 3. The standard InChI is InChI=1S/C15H19Cl2N3O/c16-12-4-5-13-15(14(12)17)18-10-20(13)8-2-7-19-6-1-3-11(21)9-19/h4-5,10-11,21H,1-3,6-9H2. The second-order valence-electron chi connectivity index (χ2n) is 5.62. The van der Waals surface area contributed by atoms with Crippen LogP contribution in [0.25, 0.3) is 11.0 Å². The number of likely N-dealkylation sites (tertiary alicyclic amines) is 1. The number of aryl methyl sites for hydroxylation is 1. The van der Waals surface area contributed by atoms with Gasteiger partial charge in [0.1, 0.15) is 5.52 Å². The molecule has 2 aromatic rings. The van der Waals surface area contributed by atoms with Gasteiger partial charge in [0.2, 0.25) is 0 Å². The summed E-state index contributed by atoms with van der Waals surface area (Å²) >= 11 is 12.2. The first kappa shape index (κ1) is 15.1. The van der Waals surface area contributed by atoms with Gasteiger partial charge in [0.25, 0.3) is 0 Å². The molecule has 1 N–H and O–H groups in total. The van der Waals surface area contributed by atoms with Crippen LogP contribution in [0, 0.1) is 0 Å². The number of fused-ring (bicyclic) bond motifs is 1. The lowest BCUT2D eigenvalue weighted by molar-refractivity contribution is 0.0696. The van der Waals surface area contributed by atoms with Gasteiger partial charge in [0, 0.05) is 13.1 Å². The van der Waals surface area contributed by atoms with Crippen molar-refractivity contribution in [2.45, 2.75) is 31.9 Å². The van der Waals surface area contributed by atoms with Crippen molar-refractivity contribution in [2.24, 2.45) is 0 Å². The van der Waals surface area contributed by atoms with E-state index in [1.165, 1.54) is 0 Å². The van der Waals surface area contributed by atoms with Crippen LogP contribution in [0.15, 0.2) is 18.5 Å². The van der Waals surface area contributed by atoms with Crippen LogP contribution in [0.5, 0.6) is 0 Å². The number of aliphatic hydroxyl groups is 1. The fourth-order valence-corrected chi connectivity index (χ4v) is 3.31. The van der Waals surface area contributed by atoms with Crippen molar-refractivity contribution in [3.8, 4) is 0 Å². The summed E-state index contributed by atoms with van der Waals surface area (Å²) in [6, 6.07) is 3.77. The van der Waals surface area contributed by atoms with E-state index in [0.717, 1.165) is 56.5 Å². The van der Waals surface area contributed by atoms with Crippen LogP contribution in [-0.4, -0.2) is 45.3 Å². The van der Waals surface area contributed by atoms with Gasteiger partial charge in [-0.3, -0.25) is 0 Å². The van der Waals surface area contributed by atoms with Gasteiger partial charge in [0.15, 0.2) is 0 Å². The van der Waals surface area contributed by atoms with Crippen LogP contribution in [0.2, 0.25) is 10.0 Å². The third-order valence-corrected chi connectivity index (χ3v) is 4.83. The number of nitrogens with zero attached hydrogens (tertiary/aromatic N) is 3. The number of aliphatic hydroxyl groups excluding tert-OH is 1. The van der Waals surface area contributed by atoms with Crippen LogP contribution in [-0.2, 0) is 6.54 Å². The van der Waals surface area contributed by atoms with Crippen LogP contribution < -0.4 is 0 Å². The van der Waals surface area contributed by atoms with E-state index in [1.807, 2.05) is 18.5 Å². The van der Waals surface area contributed by atoms with Gasteiger partial charge in [-0.05, 0) is 44.5 Å². The quantitative estimate of drug-likeness (QED) is 0.937. The zero-order valence-corrected chi connectivity index (χ0v) is 13.3. The van der Waals surface area contributed by atoms with Gasteiger partial charge in [0.05, 0.1) is 28.0 Å². The molecule has 1 aromatic heterocycles. The lowest BCUT2D eigenvalue weighted by atomic mass is 10.1. The molecule has 4 nitrogen and oxygen atoms in total. The second kappa shape index (κ2) is 6.53. The summed E-state index contributed by atoms with van der Waals surface area (Å²) < 4.78 is 2.11. The average Bonchev–Trinajstić information content (AvgIpc) is 2.87. The Hall–Kier alpha value is -0.810. The molecule has 6 heteroatoms. The Morgan fingerprint density at radius 1 is 1.29 bits per heavy atom. The summed E-state index contributed by atoms with van der Waals surface area (Å²) in [5.41, 5.74) is 1.78. The molecule has 0 bridgehead atoms. The Balaban J connectivity index is 1.62. The van der Waals surface area contributed by atoms with E-state index in [1.54, 1.807) is 0 Å². The molecule has 0 amide bonds. The third kappa shape index (κ3) is 3.34. The highest BCUT2D eigenvalue weighted by atomic mass is 35.5. The Bertz CT molecular complexity index is 629. The van der Waals surface area contributed by atoms with Gasteiger partial charge in [-0.15, -0.1) is 0 Å². The number of rotatable bonds is 4. The topological polar surface area (TPSA) is 41.3 Å². The van der Waals surface area contributed by atoms with Crippen molar-refractivity contribution in [3.63, 3.8) is 0 Å². The van der Waals surface area contributed by atoms with Gasteiger partial charge in [-0.25, -0.2) is 4.98 Å². The summed E-state index contributed by atoms with van der Waals surface area (Å²) in [7, 11) is 0. The van der Waals surface area contributed by atoms with Crippen molar-refractivity contribution in [1.29, 1.82) is 0 Å². The van der Waals surface area contributed by atoms with Crippen LogP contribution >= 0.6 is 23.2 Å². The molecule has 1 aromatic carbocycles. The fourth-order valence-electron chi connectivity index (χ4n) is 2.95. The predicted octanol–water partition coefficient (Wildman–Crippen LogP) is 3.19. The van der Waals surface area contributed by atoms with Crippen molar-refractivity contribution >= 4 is 34.2 Å². The Morgan fingerprint density at radius 3 is 2.95 bits per heavy atom. The van der Waals surface area contributed by atoms with Crippen molar-refractivity contribution in [2.75, 3.05) is 19.6 Å². The SMILES string of the molecule is OC1CCCN(CCCn2cnc3c(Cl)c(Cl)ccc32)C1. The molecule has 2 heterocycles.